The lowest BCUT2D eigenvalue weighted by Gasteiger charge is -2.09. The number of carbonyl (C=O) groups excluding carboxylic acids is 2. The zero-order chi connectivity index (χ0) is 11.4. The third-order valence-corrected chi connectivity index (χ3v) is 1.96. The van der Waals surface area contributed by atoms with Gasteiger partial charge in [0.15, 0.2) is 6.10 Å². The summed E-state index contributed by atoms with van der Waals surface area (Å²) in [5.41, 5.74) is 5.04. The van der Waals surface area contributed by atoms with Crippen LogP contribution in [0.2, 0.25) is 5.15 Å². The second-order valence-corrected chi connectivity index (χ2v) is 3.15. The topological polar surface area (TPSA) is 82.3 Å². The first kappa shape index (κ1) is 11.5. The maximum Gasteiger partial charge on any atom is 0.342 e. The number of hydrogen-bond acceptors (Lipinski definition) is 4. The molecule has 1 aromatic rings. The third kappa shape index (κ3) is 2.92. The average molecular weight is 229 g/mol. The lowest BCUT2D eigenvalue weighted by atomic mass is 10.3. The highest BCUT2D eigenvalue weighted by molar-refractivity contribution is 6.32. The fourth-order valence-corrected chi connectivity index (χ4v) is 1.02. The number of aromatic nitrogens is 1. The molecule has 0 aliphatic carbocycles. The molecule has 1 amide bonds. The summed E-state index contributed by atoms with van der Waals surface area (Å²) < 4.78 is 4.74. The van der Waals surface area contributed by atoms with E-state index in [0.29, 0.717) is 0 Å². The molecule has 0 bridgehead atoms. The van der Waals surface area contributed by atoms with Crippen LogP contribution in [-0.2, 0) is 9.53 Å². The summed E-state index contributed by atoms with van der Waals surface area (Å²) in [7, 11) is 0. The monoisotopic (exact) mass is 228 g/mol. The van der Waals surface area contributed by atoms with E-state index in [9.17, 15) is 9.59 Å². The third-order valence-electron chi connectivity index (χ3n) is 1.66. The minimum absolute atomic E-state index is 0.0270. The van der Waals surface area contributed by atoms with E-state index in [0.717, 1.165) is 0 Å². The van der Waals surface area contributed by atoms with Crippen LogP contribution in [0.1, 0.15) is 17.3 Å². The van der Waals surface area contributed by atoms with Gasteiger partial charge in [0.1, 0.15) is 5.15 Å². The second kappa shape index (κ2) is 4.75. The summed E-state index contributed by atoms with van der Waals surface area (Å²) >= 11 is 5.65. The average Bonchev–Trinajstić information content (AvgIpc) is 2.18. The van der Waals surface area contributed by atoms with Gasteiger partial charge in [-0.2, -0.15) is 0 Å². The lowest BCUT2D eigenvalue weighted by Crippen LogP contribution is -2.30. The zero-order valence-corrected chi connectivity index (χ0v) is 8.69. The molecular formula is C9H9ClN2O3. The molecule has 0 spiro atoms. The maximum atomic E-state index is 11.4. The van der Waals surface area contributed by atoms with Crippen LogP contribution in [0.4, 0.5) is 0 Å². The zero-order valence-electron chi connectivity index (χ0n) is 7.94. The van der Waals surface area contributed by atoms with Crippen molar-refractivity contribution >= 4 is 23.5 Å². The minimum Gasteiger partial charge on any atom is -0.449 e. The van der Waals surface area contributed by atoms with E-state index in [1.54, 1.807) is 0 Å². The van der Waals surface area contributed by atoms with Crippen LogP contribution >= 0.6 is 11.6 Å². The van der Waals surface area contributed by atoms with Gasteiger partial charge in [-0.05, 0) is 19.1 Å². The Bertz CT molecular complexity index is 395. The van der Waals surface area contributed by atoms with Crippen molar-refractivity contribution in [2.45, 2.75) is 13.0 Å². The fourth-order valence-electron chi connectivity index (χ4n) is 0.820. The van der Waals surface area contributed by atoms with Crippen LogP contribution in [0.25, 0.3) is 0 Å². The summed E-state index contributed by atoms with van der Waals surface area (Å²) in [6, 6.07) is 2.99. The standard InChI is InChI=1S/C9H9ClN2O3/c1-5(8(11)13)15-9(14)6-3-2-4-12-7(6)10/h2-5H,1H3,(H2,11,13)/t5-/m1/s1. The Morgan fingerprint density at radius 3 is 2.80 bits per heavy atom. The van der Waals surface area contributed by atoms with Crippen molar-refractivity contribution in [2.75, 3.05) is 0 Å². The highest BCUT2D eigenvalue weighted by atomic mass is 35.5. The first-order valence-electron chi connectivity index (χ1n) is 4.13. The number of primary amides is 1. The van der Waals surface area contributed by atoms with Gasteiger partial charge in [-0.3, -0.25) is 4.79 Å². The number of hydrogen-bond donors (Lipinski definition) is 1. The molecule has 0 aliphatic heterocycles. The fraction of sp³-hybridized carbons (Fsp3) is 0.222. The van der Waals surface area contributed by atoms with Gasteiger partial charge in [-0.1, -0.05) is 11.6 Å². The number of nitrogens with two attached hydrogens (primary N) is 1. The van der Waals surface area contributed by atoms with E-state index in [2.05, 4.69) is 4.98 Å². The Labute approximate surface area is 91.2 Å². The highest BCUT2D eigenvalue weighted by Crippen LogP contribution is 2.13. The number of nitrogens with zero attached hydrogens (tertiary/aromatic N) is 1. The number of carbonyl (C=O) groups is 2. The van der Waals surface area contributed by atoms with Crippen LogP contribution in [0, 0.1) is 0 Å². The Morgan fingerprint density at radius 1 is 1.60 bits per heavy atom. The molecular weight excluding hydrogens is 220 g/mol. The molecule has 0 saturated heterocycles. The van der Waals surface area contributed by atoms with Gasteiger partial charge < -0.3 is 10.5 Å². The molecule has 6 heteroatoms. The van der Waals surface area contributed by atoms with Crippen molar-refractivity contribution in [3.05, 3.63) is 29.0 Å². The molecule has 15 heavy (non-hydrogen) atoms. The molecule has 0 aliphatic rings. The van der Waals surface area contributed by atoms with E-state index in [1.807, 2.05) is 0 Å². The Hall–Kier alpha value is -1.62. The van der Waals surface area contributed by atoms with Crippen LogP contribution in [-0.4, -0.2) is 23.0 Å². The summed E-state index contributed by atoms with van der Waals surface area (Å²) in [4.78, 5) is 25.8. The molecule has 80 valence electrons. The second-order valence-electron chi connectivity index (χ2n) is 2.79. The van der Waals surface area contributed by atoms with E-state index in [1.165, 1.54) is 25.3 Å². The molecule has 1 atom stereocenters. The minimum atomic E-state index is -0.992. The van der Waals surface area contributed by atoms with Crippen molar-refractivity contribution in [3.8, 4) is 0 Å². The van der Waals surface area contributed by atoms with Crippen molar-refractivity contribution in [3.63, 3.8) is 0 Å². The van der Waals surface area contributed by atoms with E-state index in [4.69, 9.17) is 22.1 Å². The molecule has 0 radical (unpaired) electrons. The molecule has 0 saturated carbocycles. The number of halogens is 1. The Morgan fingerprint density at radius 2 is 2.27 bits per heavy atom. The Kier molecular flexibility index (Phi) is 3.62. The summed E-state index contributed by atoms with van der Waals surface area (Å²) in [6.07, 6.45) is 0.449. The first-order chi connectivity index (χ1) is 7.02. The van der Waals surface area contributed by atoms with E-state index in [-0.39, 0.29) is 10.7 Å². The van der Waals surface area contributed by atoms with Gasteiger partial charge in [0, 0.05) is 6.20 Å². The number of esters is 1. The SMILES string of the molecule is C[C@@H](OC(=O)c1cccnc1Cl)C(N)=O. The van der Waals surface area contributed by atoms with Crippen LogP contribution in [0.5, 0.6) is 0 Å². The number of rotatable bonds is 3. The molecule has 2 N–H and O–H groups in total. The van der Waals surface area contributed by atoms with Gasteiger partial charge in [0.2, 0.25) is 0 Å². The van der Waals surface area contributed by atoms with Crippen molar-refractivity contribution < 1.29 is 14.3 Å². The van der Waals surface area contributed by atoms with Crippen molar-refractivity contribution in [1.82, 2.24) is 4.98 Å². The molecule has 0 fully saturated rings. The smallest absolute Gasteiger partial charge is 0.342 e. The van der Waals surface area contributed by atoms with Gasteiger partial charge in [-0.25, -0.2) is 9.78 Å². The van der Waals surface area contributed by atoms with Crippen LogP contribution in [0.15, 0.2) is 18.3 Å². The maximum absolute atomic E-state index is 11.4. The van der Waals surface area contributed by atoms with Crippen LogP contribution in [0.3, 0.4) is 0 Å². The first-order valence-corrected chi connectivity index (χ1v) is 4.51. The van der Waals surface area contributed by atoms with E-state index < -0.39 is 18.0 Å². The summed E-state index contributed by atoms with van der Waals surface area (Å²) in [6.45, 7) is 1.38. The van der Waals surface area contributed by atoms with Gasteiger partial charge in [0.25, 0.3) is 5.91 Å². The molecule has 1 rings (SSSR count). The molecule has 5 nitrogen and oxygen atoms in total. The lowest BCUT2D eigenvalue weighted by molar-refractivity contribution is -0.125. The number of ether oxygens (including phenoxy) is 1. The van der Waals surface area contributed by atoms with Crippen molar-refractivity contribution in [2.24, 2.45) is 5.73 Å². The van der Waals surface area contributed by atoms with Crippen molar-refractivity contribution in [1.29, 1.82) is 0 Å². The van der Waals surface area contributed by atoms with Gasteiger partial charge in [-0.15, -0.1) is 0 Å². The normalized spacial score (nSPS) is 11.9. The van der Waals surface area contributed by atoms with Gasteiger partial charge in [0.05, 0.1) is 5.56 Å². The van der Waals surface area contributed by atoms with E-state index >= 15 is 0 Å². The molecule has 0 unspecified atom stereocenters. The largest absolute Gasteiger partial charge is 0.449 e. The molecule has 0 aromatic carbocycles. The Balaban J connectivity index is 2.78. The quantitative estimate of drug-likeness (QED) is 0.612. The summed E-state index contributed by atoms with van der Waals surface area (Å²) in [5, 5.41) is 0.0270. The summed E-state index contributed by atoms with van der Waals surface area (Å²) in [5.74, 6) is -1.44. The number of pyridine rings is 1. The molecule has 1 aromatic heterocycles. The molecule has 1 heterocycles. The number of amides is 1. The predicted molar refractivity (Wildman–Crippen MR) is 53.3 cm³/mol. The van der Waals surface area contributed by atoms with Gasteiger partial charge >= 0.3 is 5.97 Å². The van der Waals surface area contributed by atoms with Crippen LogP contribution < -0.4 is 5.73 Å². The highest BCUT2D eigenvalue weighted by Gasteiger charge is 2.18. The predicted octanol–water partition coefficient (Wildman–Crippen LogP) is 0.766.